The van der Waals surface area contributed by atoms with Crippen molar-refractivity contribution in [3.8, 4) is 0 Å². The Balaban J connectivity index is 0. The van der Waals surface area contributed by atoms with E-state index in [1.807, 2.05) is 0 Å². The maximum Gasteiger partial charge on any atom is -0.0149 e. The summed E-state index contributed by atoms with van der Waals surface area (Å²) in [5, 5.41) is 0. The van der Waals surface area contributed by atoms with Crippen molar-refractivity contribution >= 4 is 11.0 Å². The SMILES string of the molecule is [O]=[Ce]=[O].[SiH4]. The first-order valence-electron chi connectivity index (χ1n) is 0.408. The summed E-state index contributed by atoms with van der Waals surface area (Å²) in [5.41, 5.74) is 0. The maximum absolute atomic E-state index is 8.57. The first-order chi connectivity index (χ1) is 1.41. The average molecular weight is 204 g/mol. The van der Waals surface area contributed by atoms with Gasteiger partial charge >= 0.3 is 39.7 Å². The summed E-state index contributed by atoms with van der Waals surface area (Å²) < 4.78 is 17.1. The Morgan fingerprint density at radius 3 is 1.25 bits per heavy atom. The Bertz CT molecular complexity index is 27.0. The monoisotopic (exact) mass is 204 g/mol. The van der Waals surface area contributed by atoms with E-state index in [-0.39, 0.29) is 11.0 Å². The third kappa shape index (κ3) is 10.8. The fourth-order valence-corrected chi connectivity index (χ4v) is 0. The topological polar surface area (TPSA) is 34.1 Å². The van der Waals surface area contributed by atoms with Crippen molar-refractivity contribution in [1.29, 1.82) is 0 Å². The van der Waals surface area contributed by atoms with E-state index in [0.717, 1.165) is 0 Å². The molecule has 0 atom stereocenters. The predicted molar refractivity (Wildman–Crippen MR) is 12.7 cm³/mol. The van der Waals surface area contributed by atoms with Crippen molar-refractivity contribution in [3.63, 3.8) is 0 Å². The summed E-state index contributed by atoms with van der Waals surface area (Å²) in [4.78, 5) is 0. The van der Waals surface area contributed by atoms with Crippen LogP contribution in [0.5, 0.6) is 0 Å². The average Bonchev–Trinajstić information content (AvgIpc) is 0.918. The van der Waals surface area contributed by atoms with Crippen LogP contribution in [0.3, 0.4) is 0 Å². The van der Waals surface area contributed by atoms with Crippen LogP contribution in [0.1, 0.15) is 0 Å². The van der Waals surface area contributed by atoms with Gasteiger partial charge in [0.1, 0.15) is 0 Å². The minimum Gasteiger partial charge on any atom is -0.0149 e. The molecule has 0 rings (SSSR count). The molecule has 0 aliphatic rings. The second-order valence-corrected chi connectivity index (χ2v) is 0.607. The Labute approximate surface area is 50.0 Å². The quantitative estimate of drug-likeness (QED) is 0.441. The molecular formula is H4CeO2Si. The molecule has 0 N–H and O–H groups in total. The van der Waals surface area contributed by atoms with Gasteiger partial charge in [0.15, 0.2) is 0 Å². The van der Waals surface area contributed by atoms with Gasteiger partial charge in [-0.15, -0.1) is 0 Å². The zero-order valence-electron chi connectivity index (χ0n) is 1.32. The molecule has 4 heavy (non-hydrogen) atoms. The Morgan fingerprint density at radius 1 is 1.25 bits per heavy atom. The molecule has 24 valence electrons. The molecule has 0 aromatic carbocycles. The van der Waals surface area contributed by atoms with Crippen molar-refractivity contribution in [3.05, 3.63) is 0 Å². The number of hydrogen-bond donors (Lipinski definition) is 0. The van der Waals surface area contributed by atoms with Crippen molar-refractivity contribution in [2.75, 3.05) is 0 Å². The van der Waals surface area contributed by atoms with Gasteiger partial charge in [0.25, 0.3) is 0 Å². The molecule has 2 nitrogen and oxygen atoms in total. The van der Waals surface area contributed by atoms with E-state index in [2.05, 4.69) is 0 Å². The predicted octanol–water partition coefficient (Wildman–Crippen LogP) is -1.69. The molecule has 0 heterocycles. The van der Waals surface area contributed by atoms with Crippen molar-refractivity contribution in [2.24, 2.45) is 0 Å². The van der Waals surface area contributed by atoms with Gasteiger partial charge < -0.3 is 0 Å². The summed E-state index contributed by atoms with van der Waals surface area (Å²) in [7, 11) is 0. The summed E-state index contributed by atoms with van der Waals surface area (Å²) in [6.45, 7) is 0. The second kappa shape index (κ2) is 8.89. The van der Waals surface area contributed by atoms with E-state index in [9.17, 15) is 0 Å². The van der Waals surface area contributed by atoms with Gasteiger partial charge in [-0.05, 0) is 11.0 Å². The summed E-state index contributed by atoms with van der Waals surface area (Å²) >= 11 is -2.42. The Morgan fingerprint density at radius 2 is 1.25 bits per heavy atom. The summed E-state index contributed by atoms with van der Waals surface area (Å²) in [6, 6.07) is 0. The van der Waals surface area contributed by atoms with E-state index in [4.69, 9.17) is 1.88 Å². The smallest absolute Gasteiger partial charge is 0.0149 e. The first kappa shape index (κ1) is 8.96. The van der Waals surface area contributed by atoms with E-state index in [1.54, 1.807) is 0 Å². The molecule has 0 aliphatic heterocycles. The van der Waals surface area contributed by atoms with Gasteiger partial charge in [-0.2, -0.15) is 0 Å². The van der Waals surface area contributed by atoms with Crippen LogP contribution in [-0.4, -0.2) is 11.0 Å². The molecule has 0 aromatic rings. The minimum atomic E-state index is -2.42. The standard InChI is InChI=1S/Ce.2O.H4Si/h;;;1H4. The van der Waals surface area contributed by atoms with Crippen molar-refractivity contribution in [2.45, 2.75) is 0 Å². The van der Waals surface area contributed by atoms with Crippen LogP contribution >= 0.6 is 0 Å². The fourth-order valence-electron chi connectivity index (χ4n) is 0. The molecule has 0 aliphatic carbocycles. The van der Waals surface area contributed by atoms with Crippen LogP contribution < -0.4 is 0 Å². The molecule has 0 radical (unpaired) electrons. The second-order valence-electron chi connectivity index (χ2n) is 0.0833. The fraction of sp³-hybridized carbons (Fsp3) is 0. The third-order valence-corrected chi connectivity index (χ3v) is 0. The van der Waals surface area contributed by atoms with E-state index >= 15 is 0 Å². The maximum atomic E-state index is 8.57. The Kier molecular flexibility index (Phi) is 19.9. The van der Waals surface area contributed by atoms with Crippen LogP contribution in [0.2, 0.25) is 0 Å². The van der Waals surface area contributed by atoms with Crippen LogP contribution in [0.25, 0.3) is 0 Å². The molecule has 4 heteroatoms. The molecular weight excluding hydrogens is 200 g/mol. The van der Waals surface area contributed by atoms with Crippen LogP contribution in [0.4, 0.5) is 0 Å². The van der Waals surface area contributed by atoms with Gasteiger partial charge in [0.2, 0.25) is 0 Å². The van der Waals surface area contributed by atoms with E-state index in [0.29, 0.717) is 0 Å². The van der Waals surface area contributed by atoms with Gasteiger partial charge in [-0.3, -0.25) is 0 Å². The summed E-state index contributed by atoms with van der Waals surface area (Å²) in [5.74, 6) is 0. The largest absolute Gasteiger partial charge is 0.0149 e. The van der Waals surface area contributed by atoms with Gasteiger partial charge in [0.05, 0.1) is 0 Å². The zero-order chi connectivity index (χ0) is 2.71. The van der Waals surface area contributed by atoms with Crippen molar-refractivity contribution in [1.82, 2.24) is 0 Å². The normalized spacial score (nSPS) is 2.00. The summed E-state index contributed by atoms with van der Waals surface area (Å²) in [6.07, 6.45) is 0. The third-order valence-electron chi connectivity index (χ3n) is 0. The number of rotatable bonds is 0. The molecule has 0 saturated heterocycles. The molecule has 0 unspecified atom stereocenters. The molecule has 0 amide bonds. The Hall–Kier alpha value is 1.19. The van der Waals surface area contributed by atoms with E-state index < -0.39 is 37.8 Å². The van der Waals surface area contributed by atoms with Crippen molar-refractivity contribution < 1.29 is 39.7 Å². The van der Waals surface area contributed by atoms with Crippen LogP contribution in [0, 0.1) is 37.8 Å². The zero-order valence-corrected chi connectivity index (χ0v) is 4.46. The molecule has 0 saturated carbocycles. The molecule has 0 spiro atoms. The first-order valence-corrected chi connectivity index (χ1v) is 2.97. The van der Waals surface area contributed by atoms with Crippen LogP contribution in [-0.2, 0) is 1.88 Å². The van der Waals surface area contributed by atoms with Gasteiger partial charge in [-0.25, -0.2) is 0 Å². The molecule has 0 fully saturated rings. The minimum absolute atomic E-state index is 0. The van der Waals surface area contributed by atoms with Gasteiger partial charge in [0, 0.05) is 0 Å². The van der Waals surface area contributed by atoms with Crippen LogP contribution in [0.15, 0.2) is 0 Å². The van der Waals surface area contributed by atoms with E-state index in [1.165, 1.54) is 0 Å². The molecule has 0 aromatic heterocycles. The number of hydrogen-bond acceptors (Lipinski definition) is 2. The molecule has 0 bridgehead atoms. The van der Waals surface area contributed by atoms with Gasteiger partial charge in [-0.1, -0.05) is 0 Å².